The summed E-state index contributed by atoms with van der Waals surface area (Å²) in [7, 11) is 1.57. The number of nitrogens with one attached hydrogen (secondary N) is 1. The number of benzene rings is 1. The molecule has 0 spiro atoms. The summed E-state index contributed by atoms with van der Waals surface area (Å²) in [6, 6.07) is 8.90. The van der Waals surface area contributed by atoms with Gasteiger partial charge in [0.05, 0.1) is 6.61 Å². The fourth-order valence-electron chi connectivity index (χ4n) is 1.54. The van der Waals surface area contributed by atoms with Crippen LogP contribution >= 0.6 is 0 Å². The molecule has 4 N–H and O–H groups in total. The number of oxime groups is 1. The number of carbonyl (C=O) groups is 1. The molecular weight excluding hydrogens is 260 g/mol. The van der Waals surface area contributed by atoms with Gasteiger partial charge >= 0.3 is 6.03 Å². The van der Waals surface area contributed by atoms with Crippen LogP contribution in [0.4, 0.5) is 10.5 Å². The summed E-state index contributed by atoms with van der Waals surface area (Å²) in [5.74, 6) is 0.0833. The maximum atomic E-state index is 12.1. The number of hydrogen-bond acceptors (Lipinski definition) is 4. The average Bonchev–Trinajstić information content (AvgIpc) is 2.47. The second-order valence-corrected chi connectivity index (χ2v) is 4.12. The van der Waals surface area contributed by atoms with Gasteiger partial charge in [0.25, 0.3) is 0 Å². The Labute approximate surface area is 118 Å². The fraction of sp³-hybridized carbons (Fsp3) is 0.385. The molecule has 0 aliphatic heterocycles. The molecule has 1 aromatic carbocycles. The molecule has 0 atom stereocenters. The summed E-state index contributed by atoms with van der Waals surface area (Å²) < 4.78 is 4.97. The topological polar surface area (TPSA) is 100 Å². The second kappa shape index (κ2) is 8.76. The molecule has 0 fully saturated rings. The van der Waals surface area contributed by atoms with Gasteiger partial charge in [0.15, 0.2) is 0 Å². The maximum Gasteiger partial charge on any atom is 0.321 e. The van der Waals surface area contributed by atoms with E-state index in [0.29, 0.717) is 31.8 Å². The molecule has 7 heteroatoms. The largest absolute Gasteiger partial charge is 0.409 e. The van der Waals surface area contributed by atoms with Gasteiger partial charge in [-0.1, -0.05) is 23.4 Å². The van der Waals surface area contributed by atoms with Crippen molar-refractivity contribution in [3.63, 3.8) is 0 Å². The van der Waals surface area contributed by atoms with E-state index in [4.69, 9.17) is 15.7 Å². The molecule has 0 saturated carbocycles. The number of nitrogens with zero attached hydrogens (tertiary/aromatic N) is 2. The molecule has 0 bridgehead atoms. The van der Waals surface area contributed by atoms with Crippen LogP contribution in [-0.2, 0) is 4.74 Å². The average molecular weight is 280 g/mol. The number of ether oxygens (including phenoxy) is 1. The van der Waals surface area contributed by atoms with Crippen LogP contribution in [0.2, 0.25) is 0 Å². The van der Waals surface area contributed by atoms with Crippen molar-refractivity contribution < 1.29 is 14.7 Å². The Balaban J connectivity index is 2.59. The number of para-hydroxylation sites is 1. The molecule has 20 heavy (non-hydrogen) atoms. The van der Waals surface area contributed by atoms with E-state index in [-0.39, 0.29) is 11.9 Å². The minimum absolute atomic E-state index is 0.0833. The number of nitrogens with two attached hydrogens (primary N) is 1. The van der Waals surface area contributed by atoms with E-state index in [1.54, 1.807) is 24.1 Å². The van der Waals surface area contributed by atoms with Crippen LogP contribution in [-0.4, -0.2) is 48.8 Å². The lowest BCUT2D eigenvalue weighted by atomic mass is 10.3. The van der Waals surface area contributed by atoms with Crippen LogP contribution in [0, 0.1) is 0 Å². The van der Waals surface area contributed by atoms with Crippen molar-refractivity contribution in [3.05, 3.63) is 30.3 Å². The Morgan fingerprint density at radius 2 is 2.10 bits per heavy atom. The van der Waals surface area contributed by atoms with Crippen LogP contribution in [0.3, 0.4) is 0 Å². The van der Waals surface area contributed by atoms with E-state index in [1.807, 2.05) is 18.2 Å². The number of urea groups is 1. The van der Waals surface area contributed by atoms with Gasteiger partial charge in [0.1, 0.15) is 5.84 Å². The third kappa shape index (κ3) is 5.57. The summed E-state index contributed by atoms with van der Waals surface area (Å²) in [5, 5.41) is 14.2. The van der Waals surface area contributed by atoms with E-state index in [0.717, 1.165) is 0 Å². The molecular formula is C13H20N4O3. The third-order valence-electron chi connectivity index (χ3n) is 2.64. The Hall–Kier alpha value is -2.28. The zero-order valence-electron chi connectivity index (χ0n) is 11.5. The predicted octanol–water partition coefficient (Wildman–Crippen LogP) is 1.30. The number of hydrogen-bond donors (Lipinski definition) is 3. The monoisotopic (exact) mass is 280 g/mol. The molecule has 1 aromatic rings. The SMILES string of the molecule is COCCN(CCC(N)=NO)C(=O)Nc1ccccc1. The number of methoxy groups -OCH3 is 1. The van der Waals surface area contributed by atoms with Crippen LogP contribution < -0.4 is 11.1 Å². The lowest BCUT2D eigenvalue weighted by Crippen LogP contribution is -2.39. The van der Waals surface area contributed by atoms with Gasteiger partial charge in [-0.15, -0.1) is 0 Å². The Bertz CT molecular complexity index is 437. The lowest BCUT2D eigenvalue weighted by Gasteiger charge is -2.22. The summed E-state index contributed by atoms with van der Waals surface area (Å²) >= 11 is 0. The van der Waals surface area contributed by atoms with Crippen molar-refractivity contribution in [1.29, 1.82) is 0 Å². The van der Waals surface area contributed by atoms with Crippen molar-refractivity contribution in [2.24, 2.45) is 10.9 Å². The number of rotatable bonds is 7. The van der Waals surface area contributed by atoms with E-state index >= 15 is 0 Å². The number of carbonyl (C=O) groups excluding carboxylic acids is 1. The molecule has 0 aromatic heterocycles. The van der Waals surface area contributed by atoms with E-state index in [1.165, 1.54) is 0 Å². The molecule has 2 amide bonds. The Morgan fingerprint density at radius 3 is 2.70 bits per heavy atom. The molecule has 0 saturated heterocycles. The first kappa shape index (κ1) is 15.8. The summed E-state index contributed by atoms with van der Waals surface area (Å²) in [5.41, 5.74) is 6.12. The molecule has 0 aliphatic rings. The van der Waals surface area contributed by atoms with Crippen molar-refractivity contribution >= 4 is 17.6 Å². The first-order chi connectivity index (χ1) is 9.67. The molecule has 7 nitrogen and oxygen atoms in total. The third-order valence-corrected chi connectivity index (χ3v) is 2.64. The highest BCUT2D eigenvalue weighted by Crippen LogP contribution is 2.07. The first-order valence-corrected chi connectivity index (χ1v) is 6.23. The van der Waals surface area contributed by atoms with Gasteiger partial charge in [-0.2, -0.15) is 0 Å². The molecule has 1 rings (SSSR count). The van der Waals surface area contributed by atoms with Gasteiger partial charge in [-0.25, -0.2) is 4.79 Å². The minimum Gasteiger partial charge on any atom is -0.409 e. The van der Waals surface area contributed by atoms with Gasteiger partial charge in [-0.05, 0) is 12.1 Å². The maximum absolute atomic E-state index is 12.1. The zero-order chi connectivity index (χ0) is 14.8. The fourth-order valence-corrected chi connectivity index (χ4v) is 1.54. The van der Waals surface area contributed by atoms with Crippen molar-refractivity contribution in [2.45, 2.75) is 6.42 Å². The van der Waals surface area contributed by atoms with Crippen molar-refractivity contribution in [2.75, 3.05) is 32.1 Å². The summed E-state index contributed by atoms with van der Waals surface area (Å²) in [6.45, 7) is 1.18. The van der Waals surface area contributed by atoms with Crippen molar-refractivity contribution in [3.8, 4) is 0 Å². The minimum atomic E-state index is -0.251. The van der Waals surface area contributed by atoms with Crippen molar-refractivity contribution in [1.82, 2.24) is 4.90 Å². The van der Waals surface area contributed by atoms with Gasteiger partial charge < -0.3 is 25.9 Å². The molecule has 0 radical (unpaired) electrons. The number of anilines is 1. The van der Waals surface area contributed by atoms with E-state index in [9.17, 15) is 4.79 Å². The van der Waals surface area contributed by atoms with Crippen LogP contribution in [0.25, 0.3) is 0 Å². The van der Waals surface area contributed by atoms with Gasteiger partial charge in [-0.3, -0.25) is 0 Å². The molecule has 0 aliphatic carbocycles. The smallest absolute Gasteiger partial charge is 0.321 e. The normalized spacial score (nSPS) is 11.2. The Kier molecular flexibility index (Phi) is 6.91. The summed E-state index contributed by atoms with van der Waals surface area (Å²) in [4.78, 5) is 13.7. The molecule has 0 heterocycles. The standard InChI is InChI=1S/C13H20N4O3/c1-20-10-9-17(8-7-12(14)16-19)13(18)15-11-5-3-2-4-6-11/h2-6,19H,7-10H2,1H3,(H2,14,16)(H,15,18). The predicted molar refractivity (Wildman–Crippen MR) is 76.9 cm³/mol. The highest BCUT2D eigenvalue weighted by atomic mass is 16.5. The highest BCUT2D eigenvalue weighted by Gasteiger charge is 2.13. The van der Waals surface area contributed by atoms with Crippen LogP contribution in [0.5, 0.6) is 0 Å². The van der Waals surface area contributed by atoms with Gasteiger partial charge in [0.2, 0.25) is 0 Å². The molecule has 110 valence electrons. The Morgan fingerprint density at radius 1 is 1.40 bits per heavy atom. The second-order valence-electron chi connectivity index (χ2n) is 4.12. The lowest BCUT2D eigenvalue weighted by molar-refractivity contribution is 0.156. The van der Waals surface area contributed by atoms with E-state index in [2.05, 4.69) is 10.5 Å². The zero-order valence-corrected chi connectivity index (χ0v) is 11.5. The number of amides is 2. The highest BCUT2D eigenvalue weighted by molar-refractivity contribution is 5.89. The molecule has 0 unspecified atom stereocenters. The first-order valence-electron chi connectivity index (χ1n) is 6.23. The van der Waals surface area contributed by atoms with Gasteiger partial charge in [0, 0.05) is 32.3 Å². The number of amidine groups is 1. The summed E-state index contributed by atoms with van der Waals surface area (Å²) in [6.07, 6.45) is 0.294. The van der Waals surface area contributed by atoms with Crippen LogP contribution in [0.1, 0.15) is 6.42 Å². The quantitative estimate of drug-likeness (QED) is 0.303. The van der Waals surface area contributed by atoms with Crippen LogP contribution in [0.15, 0.2) is 35.5 Å². The van der Waals surface area contributed by atoms with E-state index < -0.39 is 0 Å².